The van der Waals surface area contributed by atoms with E-state index in [4.69, 9.17) is 19.0 Å². The minimum absolute atomic E-state index is 0.118. The van der Waals surface area contributed by atoms with Crippen LogP contribution in [0.2, 0.25) is 0 Å². The molecule has 0 saturated carbocycles. The smallest absolute Gasteiger partial charge is 0.432 e. The van der Waals surface area contributed by atoms with Crippen LogP contribution in [0, 0.1) is 0 Å². The molecule has 154 valence electrons. The second-order valence-corrected chi connectivity index (χ2v) is 5.95. The number of ether oxygens (including phenoxy) is 3. The van der Waals surface area contributed by atoms with Gasteiger partial charge in [-0.1, -0.05) is 17.0 Å². The van der Waals surface area contributed by atoms with Gasteiger partial charge in [0.25, 0.3) is 0 Å². The lowest BCUT2D eigenvalue weighted by Crippen LogP contribution is -2.28. The standard InChI is InChI=1S/C19H23N5O5/c1-3-27-13-18(26-2)21-16-12-20-10-8-14(16)9-11-28-19(25)29-24-17-7-5-4-6-15(17)22-23-24/h4-8,10,12,18,21H,3,9,11,13H2,1-2H3. The van der Waals surface area contributed by atoms with E-state index in [1.807, 2.05) is 19.1 Å². The molecule has 2 aromatic heterocycles. The van der Waals surface area contributed by atoms with Gasteiger partial charge in [-0.15, -0.1) is 5.10 Å². The van der Waals surface area contributed by atoms with Crippen LogP contribution in [0.1, 0.15) is 12.5 Å². The van der Waals surface area contributed by atoms with Crippen LogP contribution in [0.3, 0.4) is 0 Å². The predicted octanol–water partition coefficient (Wildman–Crippen LogP) is 2.06. The van der Waals surface area contributed by atoms with Gasteiger partial charge in [0.1, 0.15) is 11.0 Å². The highest BCUT2D eigenvalue weighted by molar-refractivity contribution is 5.74. The molecule has 1 atom stereocenters. The first kappa shape index (κ1) is 20.5. The number of hydrogen-bond acceptors (Lipinski definition) is 9. The Morgan fingerprint density at radius 2 is 2.14 bits per heavy atom. The minimum Gasteiger partial charge on any atom is -0.432 e. The van der Waals surface area contributed by atoms with E-state index in [0.29, 0.717) is 30.7 Å². The summed E-state index contributed by atoms with van der Waals surface area (Å²) in [6.45, 7) is 3.03. The molecule has 3 aromatic rings. The zero-order chi connectivity index (χ0) is 20.5. The molecule has 10 heteroatoms. The highest BCUT2D eigenvalue weighted by Gasteiger charge is 2.13. The number of hydrogen-bond donors (Lipinski definition) is 1. The summed E-state index contributed by atoms with van der Waals surface area (Å²) in [6, 6.07) is 8.97. The van der Waals surface area contributed by atoms with Crippen molar-refractivity contribution < 1.29 is 23.8 Å². The first-order valence-electron chi connectivity index (χ1n) is 9.16. The van der Waals surface area contributed by atoms with E-state index in [0.717, 1.165) is 16.1 Å². The molecule has 29 heavy (non-hydrogen) atoms. The Hall–Kier alpha value is -3.24. The van der Waals surface area contributed by atoms with Gasteiger partial charge in [0, 0.05) is 26.3 Å². The highest BCUT2D eigenvalue weighted by Crippen LogP contribution is 2.16. The van der Waals surface area contributed by atoms with Crippen molar-refractivity contribution in [1.29, 1.82) is 0 Å². The SMILES string of the molecule is CCOCC(Nc1cnccc1CCOC(=O)On1nnc2ccccc21)OC. The molecule has 0 bridgehead atoms. The number of pyridine rings is 1. The third-order valence-electron chi connectivity index (χ3n) is 4.06. The van der Waals surface area contributed by atoms with Crippen LogP contribution in [-0.4, -0.2) is 59.5 Å². The Balaban J connectivity index is 1.53. The van der Waals surface area contributed by atoms with Gasteiger partial charge in [-0.3, -0.25) is 9.82 Å². The van der Waals surface area contributed by atoms with Crippen LogP contribution >= 0.6 is 0 Å². The molecule has 0 spiro atoms. The van der Waals surface area contributed by atoms with Gasteiger partial charge in [-0.2, -0.15) is 0 Å². The third kappa shape index (κ3) is 5.62. The van der Waals surface area contributed by atoms with Crippen molar-refractivity contribution >= 4 is 22.9 Å². The van der Waals surface area contributed by atoms with Gasteiger partial charge in [0.2, 0.25) is 0 Å². The summed E-state index contributed by atoms with van der Waals surface area (Å²) in [5, 5.41) is 10.9. The number of anilines is 1. The van der Waals surface area contributed by atoms with E-state index in [-0.39, 0.29) is 12.8 Å². The van der Waals surface area contributed by atoms with Gasteiger partial charge < -0.3 is 19.5 Å². The molecule has 0 aliphatic carbocycles. The van der Waals surface area contributed by atoms with Gasteiger partial charge in [0.15, 0.2) is 6.23 Å². The average Bonchev–Trinajstić information content (AvgIpc) is 3.15. The second kappa shape index (κ2) is 10.3. The summed E-state index contributed by atoms with van der Waals surface area (Å²) in [4.78, 5) is 22.2. The molecular formula is C19H23N5O5. The van der Waals surface area contributed by atoms with E-state index in [9.17, 15) is 4.79 Å². The Bertz CT molecular complexity index is 932. The fourth-order valence-electron chi connectivity index (χ4n) is 2.59. The molecule has 0 aliphatic heterocycles. The van der Waals surface area contributed by atoms with E-state index in [1.165, 1.54) is 0 Å². The summed E-state index contributed by atoms with van der Waals surface area (Å²) in [5.41, 5.74) is 2.88. The monoisotopic (exact) mass is 401 g/mol. The maximum absolute atomic E-state index is 12.0. The van der Waals surface area contributed by atoms with Crippen molar-refractivity contribution in [2.75, 3.05) is 32.2 Å². The van der Waals surface area contributed by atoms with E-state index >= 15 is 0 Å². The highest BCUT2D eigenvalue weighted by atomic mass is 16.8. The Morgan fingerprint density at radius 3 is 2.97 bits per heavy atom. The van der Waals surface area contributed by atoms with E-state index in [1.54, 1.807) is 37.7 Å². The fraction of sp³-hybridized carbons (Fsp3) is 0.368. The molecule has 10 nitrogen and oxygen atoms in total. The van der Waals surface area contributed by atoms with Crippen LogP contribution in [0.15, 0.2) is 42.7 Å². The summed E-state index contributed by atoms with van der Waals surface area (Å²) in [7, 11) is 1.60. The average molecular weight is 401 g/mol. The number of para-hydroxylation sites is 1. The lowest BCUT2D eigenvalue weighted by atomic mass is 10.1. The number of carbonyl (C=O) groups excluding carboxylic acids is 1. The van der Waals surface area contributed by atoms with E-state index in [2.05, 4.69) is 20.6 Å². The first-order valence-corrected chi connectivity index (χ1v) is 9.16. The molecule has 0 amide bonds. The Labute approximate surface area is 167 Å². The number of nitrogens with zero attached hydrogens (tertiary/aromatic N) is 4. The van der Waals surface area contributed by atoms with Gasteiger partial charge in [0.05, 0.1) is 25.1 Å². The van der Waals surface area contributed by atoms with Crippen LogP contribution in [-0.2, 0) is 20.6 Å². The maximum atomic E-state index is 12.0. The molecular weight excluding hydrogens is 378 g/mol. The van der Waals surface area contributed by atoms with Gasteiger partial charge in [-0.25, -0.2) is 4.79 Å². The number of benzene rings is 1. The molecule has 1 unspecified atom stereocenters. The Kier molecular flexibility index (Phi) is 7.31. The number of fused-ring (bicyclic) bond motifs is 1. The number of rotatable bonds is 10. The van der Waals surface area contributed by atoms with Gasteiger partial charge >= 0.3 is 6.16 Å². The molecule has 1 aromatic carbocycles. The topological polar surface area (TPSA) is 110 Å². The summed E-state index contributed by atoms with van der Waals surface area (Å²) in [6.07, 6.45) is 2.64. The molecule has 0 saturated heterocycles. The minimum atomic E-state index is -0.865. The molecule has 1 N–H and O–H groups in total. The van der Waals surface area contributed by atoms with Crippen molar-refractivity contribution in [1.82, 2.24) is 20.1 Å². The van der Waals surface area contributed by atoms with Gasteiger partial charge in [-0.05, 0) is 35.9 Å². The summed E-state index contributed by atoms with van der Waals surface area (Å²) in [5.74, 6) is 0. The zero-order valence-electron chi connectivity index (χ0n) is 16.3. The normalized spacial score (nSPS) is 11.9. The number of methoxy groups -OCH3 is 1. The summed E-state index contributed by atoms with van der Waals surface area (Å²) >= 11 is 0. The molecule has 0 fully saturated rings. The second-order valence-electron chi connectivity index (χ2n) is 5.95. The molecule has 0 aliphatic rings. The molecule has 2 heterocycles. The maximum Gasteiger partial charge on any atom is 0.535 e. The van der Waals surface area contributed by atoms with Crippen LogP contribution in [0.4, 0.5) is 10.5 Å². The number of nitrogens with one attached hydrogen (secondary N) is 1. The lowest BCUT2D eigenvalue weighted by Gasteiger charge is -2.19. The molecule has 3 rings (SSSR count). The third-order valence-corrected chi connectivity index (χ3v) is 4.06. The quantitative estimate of drug-likeness (QED) is 0.310. The first-order chi connectivity index (χ1) is 14.2. The molecule has 0 radical (unpaired) electrons. The fourth-order valence-corrected chi connectivity index (χ4v) is 2.59. The largest absolute Gasteiger partial charge is 0.535 e. The summed E-state index contributed by atoms with van der Waals surface area (Å²) < 4.78 is 15.9. The zero-order valence-corrected chi connectivity index (χ0v) is 16.3. The predicted molar refractivity (Wildman–Crippen MR) is 104 cm³/mol. The number of aromatic nitrogens is 4. The van der Waals surface area contributed by atoms with Crippen molar-refractivity contribution in [2.24, 2.45) is 0 Å². The number of carbonyl (C=O) groups is 1. The van der Waals surface area contributed by atoms with Crippen molar-refractivity contribution in [3.8, 4) is 0 Å². The van der Waals surface area contributed by atoms with E-state index < -0.39 is 6.16 Å². The van der Waals surface area contributed by atoms with Crippen LogP contribution in [0.25, 0.3) is 11.0 Å². The van der Waals surface area contributed by atoms with Crippen molar-refractivity contribution in [2.45, 2.75) is 19.6 Å². The van der Waals surface area contributed by atoms with Crippen LogP contribution in [0.5, 0.6) is 0 Å². The van der Waals surface area contributed by atoms with Crippen LogP contribution < -0.4 is 10.2 Å². The van der Waals surface area contributed by atoms with Crippen molar-refractivity contribution in [3.63, 3.8) is 0 Å². The lowest BCUT2D eigenvalue weighted by molar-refractivity contribution is 0.0280. The van der Waals surface area contributed by atoms with Crippen molar-refractivity contribution in [3.05, 3.63) is 48.3 Å². The Morgan fingerprint density at radius 1 is 1.28 bits per heavy atom.